The van der Waals surface area contributed by atoms with Gasteiger partial charge in [-0.1, -0.05) is 19.3 Å². The van der Waals surface area contributed by atoms with Gasteiger partial charge in [0.2, 0.25) is 0 Å². The average molecular weight is 210 g/mol. The SMILES string of the molecule is CC1(C)CC(N)CCN1C1CCCCC1. The second-order valence-electron chi connectivity index (χ2n) is 6.05. The molecule has 1 atom stereocenters. The predicted molar refractivity (Wildman–Crippen MR) is 64.9 cm³/mol. The molecule has 2 rings (SSSR count). The molecule has 2 fully saturated rings. The molecule has 0 bridgehead atoms. The van der Waals surface area contributed by atoms with Gasteiger partial charge in [-0.05, 0) is 39.5 Å². The molecule has 1 unspecified atom stereocenters. The van der Waals surface area contributed by atoms with Crippen LogP contribution in [0.3, 0.4) is 0 Å². The third-order valence-corrected chi connectivity index (χ3v) is 4.30. The van der Waals surface area contributed by atoms with E-state index in [9.17, 15) is 0 Å². The lowest BCUT2D eigenvalue weighted by Crippen LogP contribution is -2.57. The van der Waals surface area contributed by atoms with Crippen molar-refractivity contribution in [2.24, 2.45) is 5.73 Å². The van der Waals surface area contributed by atoms with Crippen LogP contribution in [0.5, 0.6) is 0 Å². The van der Waals surface area contributed by atoms with E-state index in [0.29, 0.717) is 11.6 Å². The molecule has 1 saturated heterocycles. The van der Waals surface area contributed by atoms with Crippen molar-refractivity contribution in [1.29, 1.82) is 0 Å². The fourth-order valence-corrected chi connectivity index (χ4v) is 3.54. The van der Waals surface area contributed by atoms with E-state index in [4.69, 9.17) is 5.73 Å². The van der Waals surface area contributed by atoms with E-state index in [0.717, 1.165) is 6.04 Å². The molecule has 88 valence electrons. The second kappa shape index (κ2) is 4.42. The molecular weight excluding hydrogens is 184 g/mol. The zero-order valence-electron chi connectivity index (χ0n) is 10.3. The third kappa shape index (κ3) is 2.54. The molecule has 2 heteroatoms. The summed E-state index contributed by atoms with van der Waals surface area (Å²) in [6.07, 6.45) is 9.51. The summed E-state index contributed by atoms with van der Waals surface area (Å²) < 4.78 is 0. The molecule has 2 nitrogen and oxygen atoms in total. The number of piperidine rings is 1. The molecule has 0 aromatic heterocycles. The molecule has 15 heavy (non-hydrogen) atoms. The van der Waals surface area contributed by atoms with Crippen LogP contribution >= 0.6 is 0 Å². The Balaban J connectivity index is 2.00. The molecule has 1 saturated carbocycles. The van der Waals surface area contributed by atoms with Crippen LogP contribution in [-0.4, -0.2) is 29.1 Å². The minimum atomic E-state index is 0.333. The van der Waals surface area contributed by atoms with E-state index < -0.39 is 0 Å². The number of likely N-dealkylation sites (tertiary alicyclic amines) is 1. The molecule has 1 heterocycles. The van der Waals surface area contributed by atoms with Crippen molar-refractivity contribution in [3.05, 3.63) is 0 Å². The van der Waals surface area contributed by atoms with Gasteiger partial charge >= 0.3 is 0 Å². The Labute approximate surface area is 94.2 Å². The summed E-state index contributed by atoms with van der Waals surface area (Å²) in [4.78, 5) is 2.75. The van der Waals surface area contributed by atoms with Crippen molar-refractivity contribution in [2.75, 3.05) is 6.54 Å². The lowest BCUT2D eigenvalue weighted by Gasteiger charge is -2.50. The number of hydrogen-bond donors (Lipinski definition) is 1. The normalized spacial score (nSPS) is 34.2. The van der Waals surface area contributed by atoms with Gasteiger partial charge in [-0.25, -0.2) is 0 Å². The molecule has 0 spiro atoms. The third-order valence-electron chi connectivity index (χ3n) is 4.30. The second-order valence-corrected chi connectivity index (χ2v) is 6.05. The van der Waals surface area contributed by atoms with E-state index in [1.807, 2.05) is 0 Å². The molecule has 0 aromatic carbocycles. The standard InChI is InChI=1S/C13H26N2/c1-13(2)10-11(14)8-9-15(13)12-6-4-3-5-7-12/h11-12H,3-10,14H2,1-2H3. The minimum absolute atomic E-state index is 0.333. The van der Waals surface area contributed by atoms with Crippen molar-refractivity contribution in [3.63, 3.8) is 0 Å². The molecular formula is C13H26N2. The van der Waals surface area contributed by atoms with Crippen LogP contribution in [0, 0.1) is 0 Å². The predicted octanol–water partition coefficient (Wildman–Crippen LogP) is 2.52. The molecule has 1 aliphatic carbocycles. The Bertz CT molecular complexity index is 207. The summed E-state index contributed by atoms with van der Waals surface area (Å²) in [5, 5.41) is 0. The Morgan fingerprint density at radius 2 is 1.73 bits per heavy atom. The summed E-state index contributed by atoms with van der Waals surface area (Å²) in [6.45, 7) is 5.97. The summed E-state index contributed by atoms with van der Waals surface area (Å²) in [6, 6.07) is 1.28. The highest BCUT2D eigenvalue weighted by atomic mass is 15.2. The van der Waals surface area contributed by atoms with Gasteiger partial charge in [-0.15, -0.1) is 0 Å². The molecule has 0 aromatic rings. The highest BCUT2D eigenvalue weighted by Gasteiger charge is 2.37. The lowest BCUT2D eigenvalue weighted by molar-refractivity contribution is 0.0109. The summed E-state index contributed by atoms with van der Waals surface area (Å²) >= 11 is 0. The van der Waals surface area contributed by atoms with Crippen LogP contribution in [0.25, 0.3) is 0 Å². The van der Waals surface area contributed by atoms with Crippen LogP contribution < -0.4 is 5.73 Å². The first-order valence-corrected chi connectivity index (χ1v) is 6.62. The van der Waals surface area contributed by atoms with Gasteiger partial charge in [-0.3, -0.25) is 4.90 Å². The number of hydrogen-bond acceptors (Lipinski definition) is 2. The summed E-state index contributed by atoms with van der Waals surface area (Å²) in [5.74, 6) is 0. The first-order chi connectivity index (χ1) is 7.09. The topological polar surface area (TPSA) is 29.3 Å². The van der Waals surface area contributed by atoms with Gasteiger partial charge in [0, 0.05) is 24.2 Å². The molecule has 0 amide bonds. The van der Waals surface area contributed by atoms with E-state index >= 15 is 0 Å². The average Bonchev–Trinajstić information content (AvgIpc) is 2.17. The Morgan fingerprint density at radius 3 is 2.33 bits per heavy atom. The minimum Gasteiger partial charge on any atom is -0.328 e. The maximum atomic E-state index is 6.08. The summed E-state index contributed by atoms with van der Waals surface area (Å²) in [5.41, 5.74) is 6.41. The zero-order chi connectivity index (χ0) is 10.9. The van der Waals surface area contributed by atoms with E-state index in [2.05, 4.69) is 18.7 Å². The molecule has 2 aliphatic rings. The molecule has 0 radical (unpaired) electrons. The summed E-state index contributed by atoms with van der Waals surface area (Å²) in [7, 11) is 0. The van der Waals surface area contributed by atoms with Gasteiger partial charge in [-0.2, -0.15) is 0 Å². The smallest absolute Gasteiger partial charge is 0.0170 e. The van der Waals surface area contributed by atoms with Gasteiger partial charge in [0.25, 0.3) is 0 Å². The Kier molecular flexibility index (Phi) is 3.36. The van der Waals surface area contributed by atoms with Gasteiger partial charge < -0.3 is 5.73 Å². The van der Waals surface area contributed by atoms with Crippen molar-refractivity contribution in [1.82, 2.24) is 4.90 Å². The number of nitrogens with two attached hydrogens (primary N) is 1. The highest BCUT2D eigenvalue weighted by molar-refractivity contribution is 4.94. The molecule has 2 N–H and O–H groups in total. The number of nitrogens with zero attached hydrogens (tertiary/aromatic N) is 1. The Morgan fingerprint density at radius 1 is 1.07 bits per heavy atom. The monoisotopic (exact) mass is 210 g/mol. The van der Waals surface area contributed by atoms with E-state index in [1.54, 1.807) is 0 Å². The number of rotatable bonds is 1. The van der Waals surface area contributed by atoms with Crippen molar-refractivity contribution >= 4 is 0 Å². The van der Waals surface area contributed by atoms with Gasteiger partial charge in [0.1, 0.15) is 0 Å². The van der Waals surface area contributed by atoms with Crippen molar-refractivity contribution in [3.8, 4) is 0 Å². The van der Waals surface area contributed by atoms with Crippen LogP contribution in [0.4, 0.5) is 0 Å². The lowest BCUT2D eigenvalue weighted by atomic mass is 9.83. The van der Waals surface area contributed by atoms with Crippen molar-refractivity contribution < 1.29 is 0 Å². The van der Waals surface area contributed by atoms with Crippen molar-refractivity contribution in [2.45, 2.75) is 76.4 Å². The van der Waals surface area contributed by atoms with Crippen LogP contribution in [-0.2, 0) is 0 Å². The van der Waals surface area contributed by atoms with E-state index in [-0.39, 0.29) is 0 Å². The highest BCUT2D eigenvalue weighted by Crippen LogP contribution is 2.33. The maximum Gasteiger partial charge on any atom is 0.0170 e. The van der Waals surface area contributed by atoms with Gasteiger partial charge in [0.05, 0.1) is 0 Å². The zero-order valence-corrected chi connectivity index (χ0v) is 10.3. The van der Waals surface area contributed by atoms with Gasteiger partial charge in [0.15, 0.2) is 0 Å². The molecule has 1 aliphatic heterocycles. The first kappa shape index (κ1) is 11.4. The van der Waals surface area contributed by atoms with Crippen LogP contribution in [0.2, 0.25) is 0 Å². The quantitative estimate of drug-likeness (QED) is 0.720. The fourth-order valence-electron chi connectivity index (χ4n) is 3.54. The first-order valence-electron chi connectivity index (χ1n) is 6.62. The van der Waals surface area contributed by atoms with Crippen LogP contribution in [0.1, 0.15) is 58.8 Å². The van der Waals surface area contributed by atoms with Crippen LogP contribution in [0.15, 0.2) is 0 Å². The maximum absolute atomic E-state index is 6.08. The Hall–Kier alpha value is -0.0800. The van der Waals surface area contributed by atoms with E-state index in [1.165, 1.54) is 51.5 Å². The fraction of sp³-hybridized carbons (Fsp3) is 1.00. The largest absolute Gasteiger partial charge is 0.328 e.